The van der Waals surface area contributed by atoms with Crippen LogP contribution in [-0.4, -0.2) is 31.8 Å². The molecule has 0 saturated heterocycles. The summed E-state index contributed by atoms with van der Waals surface area (Å²) < 4.78 is 10.5. The minimum atomic E-state index is -0.485. The van der Waals surface area contributed by atoms with Gasteiger partial charge in [0.2, 0.25) is 0 Å². The third-order valence-corrected chi connectivity index (χ3v) is 3.71. The van der Waals surface area contributed by atoms with Gasteiger partial charge in [0, 0.05) is 0 Å². The highest BCUT2D eigenvalue weighted by atomic mass is 35.5. The zero-order valence-electron chi connectivity index (χ0n) is 14.7. The highest BCUT2D eigenvalue weighted by Crippen LogP contribution is 2.25. The Morgan fingerprint density at radius 2 is 1.92 bits per heavy atom. The molecule has 2 N–H and O–H groups in total. The molecule has 0 saturated carbocycles. The Kier molecular flexibility index (Phi) is 7.29. The molecule has 0 unspecified atom stereocenters. The lowest BCUT2D eigenvalue weighted by Gasteiger charge is -2.12. The van der Waals surface area contributed by atoms with E-state index >= 15 is 0 Å². The van der Waals surface area contributed by atoms with Crippen molar-refractivity contribution in [3.8, 4) is 5.75 Å². The van der Waals surface area contributed by atoms with Gasteiger partial charge in [-0.2, -0.15) is 0 Å². The van der Waals surface area contributed by atoms with Gasteiger partial charge in [0.1, 0.15) is 12.4 Å². The number of nitrogens with one attached hydrogen (secondary N) is 2. The number of rotatable bonds is 7. The lowest BCUT2D eigenvalue weighted by molar-refractivity contribution is 0.0527. The van der Waals surface area contributed by atoms with Gasteiger partial charge in [-0.1, -0.05) is 29.8 Å². The fraction of sp³-hybridized carbons (Fsp3) is 0.263. The predicted molar refractivity (Wildman–Crippen MR) is 101 cm³/mol. The van der Waals surface area contributed by atoms with Crippen molar-refractivity contribution >= 4 is 29.3 Å². The molecule has 0 spiro atoms. The van der Waals surface area contributed by atoms with E-state index in [-0.39, 0.29) is 19.8 Å². The Balaban J connectivity index is 1.84. The van der Waals surface area contributed by atoms with Crippen molar-refractivity contribution in [1.29, 1.82) is 0 Å². The molecule has 2 aromatic rings. The van der Waals surface area contributed by atoms with Gasteiger partial charge in [0.15, 0.2) is 0 Å². The smallest absolute Gasteiger partial charge is 0.340 e. The largest absolute Gasteiger partial charge is 0.490 e. The van der Waals surface area contributed by atoms with Gasteiger partial charge in [0.05, 0.1) is 29.4 Å². The molecule has 6 nitrogen and oxygen atoms in total. The van der Waals surface area contributed by atoms with E-state index < -0.39 is 12.0 Å². The second-order valence-corrected chi connectivity index (χ2v) is 5.84. The van der Waals surface area contributed by atoms with E-state index in [9.17, 15) is 9.59 Å². The van der Waals surface area contributed by atoms with Gasteiger partial charge in [-0.3, -0.25) is 0 Å². The molecule has 2 rings (SSSR count). The zero-order valence-corrected chi connectivity index (χ0v) is 15.4. The van der Waals surface area contributed by atoms with E-state index in [1.807, 2.05) is 19.1 Å². The molecule has 138 valence electrons. The Labute approximate surface area is 157 Å². The molecule has 0 aliphatic carbocycles. The fourth-order valence-corrected chi connectivity index (χ4v) is 2.36. The van der Waals surface area contributed by atoms with Crippen LogP contribution in [0.1, 0.15) is 22.8 Å². The van der Waals surface area contributed by atoms with Gasteiger partial charge >= 0.3 is 12.0 Å². The number of anilines is 1. The monoisotopic (exact) mass is 376 g/mol. The highest BCUT2D eigenvalue weighted by molar-refractivity contribution is 6.32. The van der Waals surface area contributed by atoms with E-state index in [0.29, 0.717) is 22.0 Å². The van der Waals surface area contributed by atoms with Crippen molar-refractivity contribution in [1.82, 2.24) is 5.32 Å². The van der Waals surface area contributed by atoms with Gasteiger partial charge in [-0.15, -0.1) is 0 Å². The first-order valence-corrected chi connectivity index (χ1v) is 8.59. The third-order valence-electron chi connectivity index (χ3n) is 3.40. The number of esters is 1. The molecule has 0 atom stereocenters. The summed E-state index contributed by atoms with van der Waals surface area (Å²) in [4.78, 5) is 23.9. The summed E-state index contributed by atoms with van der Waals surface area (Å²) in [5.41, 5.74) is 1.71. The minimum Gasteiger partial charge on any atom is -0.490 e. The molecule has 0 aliphatic rings. The number of hydrogen-bond acceptors (Lipinski definition) is 4. The average Bonchev–Trinajstić information content (AvgIpc) is 2.62. The molecular formula is C19H21ClN2O4. The normalized spacial score (nSPS) is 10.1. The minimum absolute atomic E-state index is 0.260. The number of urea groups is 1. The topological polar surface area (TPSA) is 76.7 Å². The summed E-state index contributed by atoms with van der Waals surface area (Å²) in [6.45, 7) is 4.46. The molecule has 0 aliphatic heterocycles. The molecule has 0 fully saturated rings. The van der Waals surface area contributed by atoms with Crippen LogP contribution in [0.25, 0.3) is 0 Å². The second kappa shape index (κ2) is 9.68. The molecule has 0 bridgehead atoms. The maximum absolute atomic E-state index is 12.0. The Morgan fingerprint density at radius 1 is 1.15 bits per heavy atom. The van der Waals surface area contributed by atoms with Crippen LogP contribution in [0.2, 0.25) is 5.02 Å². The molecule has 2 amide bonds. The maximum atomic E-state index is 12.0. The summed E-state index contributed by atoms with van der Waals surface area (Å²) in [6.07, 6.45) is 0. The van der Waals surface area contributed by atoms with E-state index in [4.69, 9.17) is 21.1 Å². The second-order valence-electron chi connectivity index (χ2n) is 5.43. The first-order chi connectivity index (χ1) is 12.5. The van der Waals surface area contributed by atoms with Gasteiger partial charge < -0.3 is 20.1 Å². The van der Waals surface area contributed by atoms with E-state index in [1.54, 1.807) is 37.3 Å². The molecule has 0 aromatic heterocycles. The lowest BCUT2D eigenvalue weighted by atomic mass is 10.2. The number of halogens is 1. The standard InChI is InChI=1S/C19H21ClN2O4/c1-3-25-18(23)14-6-4-5-7-16(14)22-19(24)21-10-11-26-17-12-13(2)8-9-15(17)20/h4-9,12H,3,10-11H2,1-2H3,(H2,21,22,24). The summed E-state index contributed by atoms with van der Waals surface area (Å²) in [6, 6.07) is 11.7. The van der Waals surface area contributed by atoms with Crippen LogP contribution in [0, 0.1) is 6.92 Å². The van der Waals surface area contributed by atoms with Crippen molar-refractivity contribution in [3.05, 3.63) is 58.6 Å². The van der Waals surface area contributed by atoms with Gasteiger partial charge in [-0.25, -0.2) is 9.59 Å². The van der Waals surface area contributed by atoms with Crippen LogP contribution < -0.4 is 15.4 Å². The Morgan fingerprint density at radius 3 is 2.69 bits per heavy atom. The number of para-hydroxylation sites is 1. The van der Waals surface area contributed by atoms with Crippen LogP contribution in [0.4, 0.5) is 10.5 Å². The number of ether oxygens (including phenoxy) is 2. The van der Waals surface area contributed by atoms with Gasteiger partial charge in [0.25, 0.3) is 0 Å². The summed E-state index contributed by atoms with van der Waals surface area (Å²) in [5, 5.41) is 5.82. The quantitative estimate of drug-likeness (QED) is 0.565. The third kappa shape index (κ3) is 5.67. The van der Waals surface area contributed by atoms with Crippen LogP contribution in [-0.2, 0) is 4.74 Å². The van der Waals surface area contributed by atoms with E-state index in [1.165, 1.54) is 0 Å². The van der Waals surface area contributed by atoms with Crippen LogP contribution in [0.5, 0.6) is 5.75 Å². The molecule has 26 heavy (non-hydrogen) atoms. The molecule has 0 radical (unpaired) electrons. The van der Waals surface area contributed by atoms with E-state index in [0.717, 1.165) is 5.56 Å². The number of carbonyl (C=O) groups excluding carboxylic acids is 2. The van der Waals surface area contributed by atoms with Crippen molar-refractivity contribution in [2.24, 2.45) is 0 Å². The van der Waals surface area contributed by atoms with Gasteiger partial charge in [-0.05, 0) is 43.7 Å². The molecular weight excluding hydrogens is 356 g/mol. The zero-order chi connectivity index (χ0) is 18.9. The van der Waals surface area contributed by atoms with Crippen molar-refractivity contribution < 1.29 is 19.1 Å². The summed E-state index contributed by atoms with van der Waals surface area (Å²) in [7, 11) is 0. The fourth-order valence-electron chi connectivity index (χ4n) is 2.19. The lowest BCUT2D eigenvalue weighted by Crippen LogP contribution is -2.32. The first-order valence-electron chi connectivity index (χ1n) is 8.21. The van der Waals surface area contributed by atoms with E-state index in [2.05, 4.69) is 10.6 Å². The number of amides is 2. The molecule has 2 aromatic carbocycles. The van der Waals surface area contributed by atoms with Crippen molar-refractivity contribution in [2.75, 3.05) is 25.1 Å². The SMILES string of the molecule is CCOC(=O)c1ccccc1NC(=O)NCCOc1cc(C)ccc1Cl. The first kappa shape index (κ1) is 19.6. The maximum Gasteiger partial charge on any atom is 0.340 e. The van der Waals surface area contributed by atoms with Crippen LogP contribution >= 0.6 is 11.6 Å². The number of carbonyl (C=O) groups is 2. The Hall–Kier alpha value is -2.73. The summed E-state index contributed by atoms with van der Waals surface area (Å²) >= 11 is 6.05. The van der Waals surface area contributed by atoms with Crippen LogP contribution in [0.15, 0.2) is 42.5 Å². The number of aryl methyl sites for hydroxylation is 1. The van der Waals surface area contributed by atoms with Crippen LogP contribution in [0.3, 0.4) is 0 Å². The summed E-state index contributed by atoms with van der Waals surface area (Å²) in [5.74, 6) is 0.0855. The average molecular weight is 377 g/mol. The van der Waals surface area contributed by atoms with Crippen molar-refractivity contribution in [3.63, 3.8) is 0 Å². The predicted octanol–water partition coefficient (Wildman–Crippen LogP) is 4.03. The number of hydrogen-bond donors (Lipinski definition) is 2. The molecule has 0 heterocycles. The number of benzene rings is 2. The molecule has 7 heteroatoms. The highest BCUT2D eigenvalue weighted by Gasteiger charge is 2.13. The van der Waals surface area contributed by atoms with Crippen molar-refractivity contribution in [2.45, 2.75) is 13.8 Å². The Bertz CT molecular complexity index is 780.